The SMILES string of the molecule is CN(C)Cc1ccnc(CSCCC(=O)N(C)C#N)c1. The molecular weight excluding hydrogens is 272 g/mol. The molecule has 0 aliphatic rings. The molecule has 0 aromatic carbocycles. The maximum atomic E-state index is 11.4. The van der Waals surface area contributed by atoms with Crippen LogP contribution in [0.4, 0.5) is 0 Å². The predicted octanol–water partition coefficient (Wildman–Crippen LogP) is 1.71. The number of aromatic nitrogens is 1. The molecule has 20 heavy (non-hydrogen) atoms. The first-order valence-electron chi connectivity index (χ1n) is 6.35. The normalized spacial score (nSPS) is 10.3. The lowest BCUT2D eigenvalue weighted by Gasteiger charge is -2.10. The van der Waals surface area contributed by atoms with Crippen molar-refractivity contribution in [3.63, 3.8) is 0 Å². The molecule has 1 aromatic heterocycles. The van der Waals surface area contributed by atoms with Crippen LogP contribution in [-0.2, 0) is 17.1 Å². The van der Waals surface area contributed by atoms with E-state index in [2.05, 4.69) is 16.0 Å². The monoisotopic (exact) mass is 292 g/mol. The van der Waals surface area contributed by atoms with Gasteiger partial charge in [-0.05, 0) is 31.8 Å². The second-order valence-corrected chi connectivity index (χ2v) is 5.85. The first-order valence-corrected chi connectivity index (χ1v) is 7.51. The van der Waals surface area contributed by atoms with Crippen LogP contribution < -0.4 is 0 Å². The van der Waals surface area contributed by atoms with E-state index in [4.69, 9.17) is 5.26 Å². The number of hydrogen-bond donors (Lipinski definition) is 0. The molecule has 6 heteroatoms. The van der Waals surface area contributed by atoms with Crippen LogP contribution in [0, 0.1) is 11.5 Å². The molecule has 0 saturated carbocycles. The Bertz CT molecular complexity index is 484. The summed E-state index contributed by atoms with van der Waals surface area (Å²) in [4.78, 5) is 18.9. The lowest BCUT2D eigenvalue weighted by molar-refractivity contribution is -0.126. The zero-order valence-electron chi connectivity index (χ0n) is 12.2. The Hall–Kier alpha value is -1.58. The maximum absolute atomic E-state index is 11.4. The summed E-state index contributed by atoms with van der Waals surface area (Å²) in [6.45, 7) is 0.894. The number of hydrogen-bond acceptors (Lipinski definition) is 5. The van der Waals surface area contributed by atoms with Crippen molar-refractivity contribution in [1.82, 2.24) is 14.8 Å². The second-order valence-electron chi connectivity index (χ2n) is 4.75. The van der Waals surface area contributed by atoms with Gasteiger partial charge in [0.15, 0.2) is 6.19 Å². The van der Waals surface area contributed by atoms with Gasteiger partial charge in [0.25, 0.3) is 0 Å². The van der Waals surface area contributed by atoms with Gasteiger partial charge in [0.2, 0.25) is 5.91 Å². The maximum Gasteiger partial charge on any atom is 0.236 e. The molecule has 0 aliphatic carbocycles. The van der Waals surface area contributed by atoms with Gasteiger partial charge < -0.3 is 4.90 Å². The number of amides is 1. The minimum atomic E-state index is -0.144. The van der Waals surface area contributed by atoms with Gasteiger partial charge in [0.05, 0.1) is 5.69 Å². The Morgan fingerprint density at radius 1 is 1.45 bits per heavy atom. The molecule has 0 N–H and O–H groups in total. The standard InChI is InChI=1S/C14H20N4OS/c1-17(2)9-12-4-6-16-13(8-12)10-20-7-5-14(19)18(3)11-15/h4,6,8H,5,7,9-10H2,1-3H3. The van der Waals surface area contributed by atoms with Crippen LogP contribution in [0.1, 0.15) is 17.7 Å². The molecule has 1 rings (SSSR count). The Kier molecular flexibility index (Phi) is 7.05. The highest BCUT2D eigenvalue weighted by Crippen LogP contribution is 2.13. The minimum Gasteiger partial charge on any atom is -0.305 e. The summed E-state index contributed by atoms with van der Waals surface area (Å²) in [5.41, 5.74) is 2.26. The molecule has 0 saturated heterocycles. The van der Waals surface area contributed by atoms with Crippen LogP contribution in [0.25, 0.3) is 0 Å². The fraction of sp³-hybridized carbons (Fsp3) is 0.500. The van der Waals surface area contributed by atoms with Crippen molar-refractivity contribution in [2.45, 2.75) is 18.7 Å². The first-order chi connectivity index (χ1) is 9.52. The van der Waals surface area contributed by atoms with E-state index in [0.717, 1.165) is 22.9 Å². The molecule has 1 heterocycles. The van der Waals surface area contributed by atoms with Crippen molar-refractivity contribution in [3.8, 4) is 6.19 Å². The Labute approximate surface area is 124 Å². The highest BCUT2D eigenvalue weighted by atomic mass is 32.2. The molecular formula is C14H20N4OS. The van der Waals surface area contributed by atoms with E-state index in [1.807, 2.05) is 26.4 Å². The number of carbonyl (C=O) groups excluding carboxylic acids is 1. The zero-order chi connectivity index (χ0) is 15.0. The summed E-state index contributed by atoms with van der Waals surface area (Å²) < 4.78 is 0. The van der Waals surface area contributed by atoms with E-state index in [9.17, 15) is 4.79 Å². The van der Waals surface area contributed by atoms with Crippen LogP contribution in [0.2, 0.25) is 0 Å². The van der Waals surface area contributed by atoms with Gasteiger partial charge in [0.1, 0.15) is 0 Å². The zero-order valence-corrected chi connectivity index (χ0v) is 13.0. The van der Waals surface area contributed by atoms with Crippen molar-refractivity contribution in [2.75, 3.05) is 26.9 Å². The summed E-state index contributed by atoms with van der Waals surface area (Å²) in [6, 6.07) is 4.11. The highest BCUT2D eigenvalue weighted by Gasteiger charge is 2.07. The summed E-state index contributed by atoms with van der Waals surface area (Å²) in [5, 5.41) is 8.58. The number of pyridine rings is 1. The molecule has 0 bridgehead atoms. The quantitative estimate of drug-likeness (QED) is 0.435. The van der Waals surface area contributed by atoms with Crippen molar-refractivity contribution in [2.24, 2.45) is 0 Å². The van der Waals surface area contributed by atoms with E-state index in [0.29, 0.717) is 12.2 Å². The number of carbonyl (C=O) groups is 1. The summed E-state index contributed by atoms with van der Waals surface area (Å²) in [6.07, 6.45) is 4.01. The number of nitriles is 1. The van der Waals surface area contributed by atoms with Crippen molar-refractivity contribution in [3.05, 3.63) is 29.6 Å². The smallest absolute Gasteiger partial charge is 0.236 e. The van der Waals surface area contributed by atoms with Crippen LogP contribution in [0.15, 0.2) is 18.3 Å². The van der Waals surface area contributed by atoms with Gasteiger partial charge in [-0.15, -0.1) is 0 Å². The third kappa shape index (κ3) is 6.04. The molecule has 5 nitrogen and oxygen atoms in total. The van der Waals surface area contributed by atoms with Crippen molar-refractivity contribution < 1.29 is 4.79 Å². The topological polar surface area (TPSA) is 60.2 Å². The molecule has 0 fully saturated rings. The first kappa shape index (κ1) is 16.5. The number of rotatable bonds is 7. The molecule has 108 valence electrons. The molecule has 0 aliphatic heterocycles. The van der Waals surface area contributed by atoms with Gasteiger partial charge in [-0.1, -0.05) is 0 Å². The second kappa shape index (κ2) is 8.56. The lowest BCUT2D eigenvalue weighted by Crippen LogP contribution is -2.21. The number of thioether (sulfide) groups is 1. The van der Waals surface area contributed by atoms with Crippen LogP contribution in [0.3, 0.4) is 0 Å². The fourth-order valence-electron chi connectivity index (χ4n) is 1.63. The predicted molar refractivity (Wildman–Crippen MR) is 80.8 cm³/mol. The van der Waals surface area contributed by atoms with E-state index < -0.39 is 0 Å². The third-order valence-corrected chi connectivity index (χ3v) is 3.61. The molecule has 0 radical (unpaired) electrons. The number of nitrogens with zero attached hydrogens (tertiary/aromatic N) is 4. The largest absolute Gasteiger partial charge is 0.305 e. The van der Waals surface area contributed by atoms with Crippen LogP contribution in [-0.4, -0.2) is 47.6 Å². The van der Waals surface area contributed by atoms with Gasteiger partial charge in [-0.3, -0.25) is 14.7 Å². The minimum absolute atomic E-state index is 0.144. The van der Waals surface area contributed by atoms with E-state index in [1.165, 1.54) is 12.6 Å². The molecule has 1 aromatic rings. The summed E-state index contributed by atoms with van der Waals surface area (Å²) in [7, 11) is 5.55. The fourth-order valence-corrected chi connectivity index (χ4v) is 2.46. The van der Waals surface area contributed by atoms with Crippen LogP contribution >= 0.6 is 11.8 Å². The van der Waals surface area contributed by atoms with Gasteiger partial charge in [-0.25, -0.2) is 0 Å². The van der Waals surface area contributed by atoms with Crippen molar-refractivity contribution >= 4 is 17.7 Å². The van der Waals surface area contributed by atoms with E-state index in [1.54, 1.807) is 18.0 Å². The highest BCUT2D eigenvalue weighted by molar-refractivity contribution is 7.98. The summed E-state index contributed by atoms with van der Waals surface area (Å²) >= 11 is 1.66. The third-order valence-electron chi connectivity index (χ3n) is 2.61. The molecule has 0 unspecified atom stereocenters. The van der Waals surface area contributed by atoms with Crippen LogP contribution in [0.5, 0.6) is 0 Å². The molecule has 1 amide bonds. The van der Waals surface area contributed by atoms with Gasteiger partial charge in [-0.2, -0.15) is 17.0 Å². The Morgan fingerprint density at radius 3 is 2.85 bits per heavy atom. The summed E-state index contributed by atoms with van der Waals surface area (Å²) in [5.74, 6) is 1.34. The van der Waals surface area contributed by atoms with Gasteiger partial charge in [0, 0.05) is 37.7 Å². The molecule has 0 atom stereocenters. The Morgan fingerprint density at radius 2 is 2.20 bits per heavy atom. The molecule has 0 spiro atoms. The average molecular weight is 292 g/mol. The average Bonchev–Trinajstić information content (AvgIpc) is 2.42. The Balaban J connectivity index is 2.35. The lowest BCUT2D eigenvalue weighted by atomic mass is 10.2. The van der Waals surface area contributed by atoms with Gasteiger partial charge >= 0.3 is 0 Å². The van der Waals surface area contributed by atoms with Crippen molar-refractivity contribution in [1.29, 1.82) is 5.26 Å². The van der Waals surface area contributed by atoms with E-state index in [-0.39, 0.29) is 5.91 Å². The van der Waals surface area contributed by atoms with E-state index >= 15 is 0 Å².